The van der Waals surface area contributed by atoms with Crippen molar-refractivity contribution in [3.63, 3.8) is 0 Å². The Kier molecular flexibility index (Phi) is 3.65. The predicted molar refractivity (Wildman–Crippen MR) is 68.6 cm³/mol. The first-order valence-corrected chi connectivity index (χ1v) is 6.03. The molecule has 0 saturated heterocycles. The monoisotopic (exact) mass is 230 g/mol. The van der Waals surface area contributed by atoms with Crippen LogP contribution in [0.15, 0.2) is 18.3 Å². The quantitative estimate of drug-likeness (QED) is 0.786. The Hall–Kier alpha value is -1.53. The second kappa shape index (κ2) is 5.20. The van der Waals surface area contributed by atoms with Crippen LogP contribution >= 0.6 is 0 Å². The molecular weight excluding hydrogens is 212 g/mol. The van der Waals surface area contributed by atoms with Gasteiger partial charge in [0.2, 0.25) is 0 Å². The third kappa shape index (κ3) is 3.21. The molecule has 1 saturated carbocycles. The fraction of sp³-hybridized carbons (Fsp3) is 0.500. The molecule has 1 heterocycles. The Morgan fingerprint density at radius 2 is 2.35 bits per heavy atom. The van der Waals surface area contributed by atoms with Crippen molar-refractivity contribution in [1.82, 2.24) is 4.98 Å². The number of nitrogens with zero attached hydrogens (tertiary/aromatic N) is 2. The number of aliphatic hydroxyl groups is 1. The Morgan fingerprint density at radius 3 is 2.82 bits per heavy atom. The van der Waals surface area contributed by atoms with Crippen molar-refractivity contribution < 1.29 is 5.11 Å². The first-order chi connectivity index (χ1) is 8.20. The number of terminal acetylenes is 1. The van der Waals surface area contributed by atoms with E-state index in [0.717, 1.165) is 23.8 Å². The van der Waals surface area contributed by atoms with E-state index in [1.54, 1.807) is 13.1 Å². The van der Waals surface area contributed by atoms with Gasteiger partial charge in [0.1, 0.15) is 5.82 Å². The zero-order valence-corrected chi connectivity index (χ0v) is 10.1. The van der Waals surface area contributed by atoms with E-state index >= 15 is 0 Å². The number of hydrogen-bond donors (Lipinski definition) is 1. The van der Waals surface area contributed by atoms with Crippen molar-refractivity contribution in [3.05, 3.63) is 23.9 Å². The number of pyridine rings is 1. The van der Waals surface area contributed by atoms with Crippen LogP contribution in [-0.4, -0.2) is 23.2 Å². The number of rotatable bonds is 5. The molecule has 0 aliphatic heterocycles. The van der Waals surface area contributed by atoms with Gasteiger partial charge in [0.05, 0.1) is 12.6 Å². The second-order valence-corrected chi connectivity index (χ2v) is 4.65. The minimum Gasteiger partial charge on any atom is -0.389 e. The highest BCUT2D eigenvalue weighted by atomic mass is 16.3. The molecule has 0 radical (unpaired) electrons. The summed E-state index contributed by atoms with van der Waals surface area (Å²) < 4.78 is 0. The third-order valence-electron chi connectivity index (χ3n) is 3.03. The van der Waals surface area contributed by atoms with Crippen LogP contribution in [0.1, 0.15) is 31.4 Å². The van der Waals surface area contributed by atoms with Crippen LogP contribution in [0.25, 0.3) is 0 Å². The number of aromatic nitrogens is 1. The Labute approximate surface area is 102 Å². The maximum atomic E-state index is 9.43. The van der Waals surface area contributed by atoms with Crippen LogP contribution in [0.3, 0.4) is 0 Å². The fourth-order valence-electron chi connectivity index (χ4n) is 1.79. The van der Waals surface area contributed by atoms with Crippen LogP contribution in [0, 0.1) is 18.3 Å². The van der Waals surface area contributed by atoms with E-state index < -0.39 is 6.10 Å². The van der Waals surface area contributed by atoms with E-state index in [2.05, 4.69) is 15.8 Å². The van der Waals surface area contributed by atoms with Gasteiger partial charge in [-0.25, -0.2) is 4.98 Å². The van der Waals surface area contributed by atoms with E-state index in [0.29, 0.717) is 6.54 Å². The minimum absolute atomic E-state index is 0.471. The van der Waals surface area contributed by atoms with Crippen LogP contribution in [-0.2, 0) is 0 Å². The Balaban J connectivity index is 2.08. The normalized spacial score (nSPS) is 16.3. The molecule has 1 aliphatic rings. The average molecular weight is 230 g/mol. The summed E-state index contributed by atoms with van der Waals surface area (Å²) in [4.78, 5) is 6.50. The highest BCUT2D eigenvalue weighted by molar-refractivity contribution is 5.41. The lowest BCUT2D eigenvalue weighted by Crippen LogP contribution is -2.26. The van der Waals surface area contributed by atoms with Crippen molar-refractivity contribution in [2.75, 3.05) is 18.0 Å². The van der Waals surface area contributed by atoms with Gasteiger partial charge >= 0.3 is 0 Å². The summed E-state index contributed by atoms with van der Waals surface area (Å²) in [6, 6.07) is 3.84. The van der Waals surface area contributed by atoms with Crippen molar-refractivity contribution in [2.24, 2.45) is 5.92 Å². The van der Waals surface area contributed by atoms with Crippen LogP contribution in [0.2, 0.25) is 0 Å². The minimum atomic E-state index is -0.471. The highest BCUT2D eigenvalue weighted by Crippen LogP contribution is 2.31. The van der Waals surface area contributed by atoms with E-state index in [-0.39, 0.29) is 0 Å². The molecule has 1 fully saturated rings. The molecule has 1 aromatic heterocycles. The molecule has 90 valence electrons. The maximum Gasteiger partial charge on any atom is 0.129 e. The van der Waals surface area contributed by atoms with Gasteiger partial charge in [-0.15, -0.1) is 6.42 Å². The number of anilines is 1. The lowest BCUT2D eigenvalue weighted by molar-refractivity contribution is 0.199. The van der Waals surface area contributed by atoms with Gasteiger partial charge in [-0.1, -0.05) is 12.0 Å². The molecule has 2 rings (SSSR count). The first kappa shape index (κ1) is 11.9. The van der Waals surface area contributed by atoms with Gasteiger partial charge in [-0.2, -0.15) is 0 Å². The van der Waals surface area contributed by atoms with Gasteiger partial charge in [-0.05, 0) is 37.3 Å². The van der Waals surface area contributed by atoms with Crippen LogP contribution in [0.5, 0.6) is 0 Å². The Morgan fingerprint density at radius 1 is 1.59 bits per heavy atom. The smallest absolute Gasteiger partial charge is 0.129 e. The standard InChI is InChI=1S/C14H18N2O/c1-3-8-16(10-12-4-5-12)14-7-6-13(9-15-14)11(2)17/h1,6-7,9,11-12,17H,4-5,8,10H2,2H3. The molecule has 1 aliphatic carbocycles. The molecule has 1 aromatic rings. The molecular formula is C14H18N2O. The van der Waals surface area contributed by atoms with Crippen molar-refractivity contribution in [3.8, 4) is 12.3 Å². The maximum absolute atomic E-state index is 9.43. The third-order valence-corrected chi connectivity index (χ3v) is 3.03. The molecule has 0 spiro atoms. The van der Waals surface area contributed by atoms with Crippen molar-refractivity contribution in [1.29, 1.82) is 0 Å². The zero-order valence-electron chi connectivity index (χ0n) is 10.1. The molecule has 3 nitrogen and oxygen atoms in total. The molecule has 0 aromatic carbocycles. The van der Waals surface area contributed by atoms with E-state index in [1.165, 1.54) is 12.8 Å². The van der Waals surface area contributed by atoms with Crippen molar-refractivity contribution in [2.45, 2.75) is 25.9 Å². The largest absolute Gasteiger partial charge is 0.389 e. The Bertz CT molecular complexity index is 401. The van der Waals surface area contributed by atoms with Crippen molar-refractivity contribution >= 4 is 5.82 Å². The number of hydrogen-bond acceptors (Lipinski definition) is 3. The topological polar surface area (TPSA) is 36.4 Å². The molecule has 1 N–H and O–H groups in total. The lowest BCUT2D eigenvalue weighted by atomic mass is 10.2. The summed E-state index contributed by atoms with van der Waals surface area (Å²) in [6.45, 7) is 3.32. The summed E-state index contributed by atoms with van der Waals surface area (Å²) in [5.41, 5.74) is 0.834. The summed E-state index contributed by atoms with van der Waals surface area (Å²) in [7, 11) is 0. The first-order valence-electron chi connectivity index (χ1n) is 6.03. The second-order valence-electron chi connectivity index (χ2n) is 4.65. The predicted octanol–water partition coefficient (Wildman–Crippen LogP) is 1.98. The van der Waals surface area contributed by atoms with Gasteiger partial charge in [0.25, 0.3) is 0 Å². The summed E-state index contributed by atoms with van der Waals surface area (Å²) in [5.74, 6) is 4.35. The summed E-state index contributed by atoms with van der Waals surface area (Å²) in [6.07, 6.45) is 9.23. The van der Waals surface area contributed by atoms with Gasteiger partial charge in [0.15, 0.2) is 0 Å². The average Bonchev–Trinajstić information content (AvgIpc) is 3.13. The zero-order chi connectivity index (χ0) is 12.3. The molecule has 3 heteroatoms. The van der Waals surface area contributed by atoms with Gasteiger partial charge < -0.3 is 10.0 Å². The molecule has 1 atom stereocenters. The highest BCUT2D eigenvalue weighted by Gasteiger charge is 2.24. The molecule has 17 heavy (non-hydrogen) atoms. The summed E-state index contributed by atoms with van der Waals surface area (Å²) >= 11 is 0. The number of aliphatic hydroxyl groups excluding tert-OH is 1. The molecule has 1 unspecified atom stereocenters. The van der Waals surface area contributed by atoms with Crippen LogP contribution < -0.4 is 4.90 Å². The van der Waals surface area contributed by atoms with Gasteiger partial charge in [0, 0.05) is 12.7 Å². The van der Waals surface area contributed by atoms with Crippen LogP contribution in [0.4, 0.5) is 5.82 Å². The lowest BCUT2D eigenvalue weighted by Gasteiger charge is -2.21. The summed E-state index contributed by atoms with van der Waals surface area (Å²) in [5, 5.41) is 9.43. The molecule has 0 amide bonds. The van der Waals surface area contributed by atoms with E-state index in [9.17, 15) is 5.11 Å². The SMILES string of the molecule is C#CCN(CC1CC1)c1ccc(C(C)O)cn1. The fourth-order valence-corrected chi connectivity index (χ4v) is 1.79. The van der Waals surface area contributed by atoms with E-state index in [4.69, 9.17) is 6.42 Å². The van der Waals surface area contributed by atoms with Gasteiger partial charge in [-0.3, -0.25) is 0 Å². The van der Waals surface area contributed by atoms with E-state index in [1.807, 2.05) is 12.1 Å². The molecule has 0 bridgehead atoms.